The SMILES string of the molecule is CN(C)c1ccc(CNCC2(O)CCCCC2)cc1. The lowest BCUT2D eigenvalue weighted by molar-refractivity contribution is 0.00468. The molecule has 2 N–H and O–H groups in total. The van der Waals surface area contributed by atoms with E-state index in [0.29, 0.717) is 6.54 Å². The Balaban J connectivity index is 1.79. The van der Waals surface area contributed by atoms with Crippen LogP contribution in [0.5, 0.6) is 0 Å². The predicted molar refractivity (Wildman–Crippen MR) is 80.5 cm³/mol. The van der Waals surface area contributed by atoms with Crippen LogP contribution in [-0.2, 0) is 6.54 Å². The Hall–Kier alpha value is -1.06. The number of hydrogen-bond acceptors (Lipinski definition) is 3. The van der Waals surface area contributed by atoms with Gasteiger partial charge in [-0.3, -0.25) is 0 Å². The fourth-order valence-electron chi connectivity index (χ4n) is 2.74. The first kappa shape index (κ1) is 14.4. The molecular weight excluding hydrogens is 236 g/mol. The number of benzene rings is 1. The van der Waals surface area contributed by atoms with Gasteiger partial charge in [0.1, 0.15) is 0 Å². The van der Waals surface area contributed by atoms with Gasteiger partial charge in [-0.25, -0.2) is 0 Å². The van der Waals surface area contributed by atoms with E-state index in [1.165, 1.54) is 17.7 Å². The van der Waals surface area contributed by atoms with Gasteiger partial charge >= 0.3 is 0 Å². The Morgan fingerprint density at radius 1 is 1.11 bits per heavy atom. The lowest BCUT2D eigenvalue weighted by atomic mass is 9.85. The third-order valence-corrected chi connectivity index (χ3v) is 4.02. The van der Waals surface area contributed by atoms with Crippen LogP contribution in [0.2, 0.25) is 0 Å². The van der Waals surface area contributed by atoms with Crippen LogP contribution in [0.15, 0.2) is 24.3 Å². The van der Waals surface area contributed by atoms with E-state index in [9.17, 15) is 5.11 Å². The Morgan fingerprint density at radius 2 is 1.74 bits per heavy atom. The van der Waals surface area contributed by atoms with Crippen molar-refractivity contribution in [1.29, 1.82) is 0 Å². The van der Waals surface area contributed by atoms with Crippen molar-refractivity contribution in [2.75, 3.05) is 25.5 Å². The largest absolute Gasteiger partial charge is 0.389 e. The van der Waals surface area contributed by atoms with Gasteiger partial charge in [0, 0.05) is 32.9 Å². The molecule has 0 amide bonds. The van der Waals surface area contributed by atoms with E-state index >= 15 is 0 Å². The molecule has 0 bridgehead atoms. The maximum absolute atomic E-state index is 10.4. The van der Waals surface area contributed by atoms with Gasteiger partial charge in [0.15, 0.2) is 0 Å². The third kappa shape index (κ3) is 4.22. The Labute approximate surface area is 116 Å². The molecule has 2 rings (SSSR count). The van der Waals surface area contributed by atoms with Crippen molar-refractivity contribution in [2.24, 2.45) is 0 Å². The summed E-state index contributed by atoms with van der Waals surface area (Å²) < 4.78 is 0. The summed E-state index contributed by atoms with van der Waals surface area (Å²) in [5, 5.41) is 13.8. The van der Waals surface area contributed by atoms with Gasteiger partial charge in [-0.15, -0.1) is 0 Å². The molecule has 19 heavy (non-hydrogen) atoms. The zero-order chi connectivity index (χ0) is 13.7. The number of nitrogens with zero attached hydrogens (tertiary/aromatic N) is 1. The second-order valence-electron chi connectivity index (χ2n) is 5.95. The average Bonchev–Trinajstić information content (AvgIpc) is 2.40. The number of hydrogen-bond donors (Lipinski definition) is 2. The minimum Gasteiger partial charge on any atom is -0.389 e. The minimum absolute atomic E-state index is 0.470. The van der Waals surface area contributed by atoms with Gasteiger partial charge in [0.05, 0.1) is 5.60 Å². The van der Waals surface area contributed by atoms with Crippen LogP contribution >= 0.6 is 0 Å². The number of aliphatic hydroxyl groups is 1. The summed E-state index contributed by atoms with van der Waals surface area (Å²) in [6.07, 6.45) is 5.48. The van der Waals surface area contributed by atoms with Crippen molar-refractivity contribution >= 4 is 5.69 Å². The standard InChI is InChI=1S/C16H26N2O/c1-18(2)15-8-6-14(7-9-15)12-17-13-16(19)10-4-3-5-11-16/h6-9,17,19H,3-5,10-13H2,1-2H3. The highest BCUT2D eigenvalue weighted by molar-refractivity contribution is 5.45. The van der Waals surface area contributed by atoms with E-state index in [0.717, 1.165) is 32.2 Å². The lowest BCUT2D eigenvalue weighted by Gasteiger charge is -2.32. The van der Waals surface area contributed by atoms with Crippen molar-refractivity contribution < 1.29 is 5.11 Å². The fraction of sp³-hybridized carbons (Fsp3) is 0.625. The molecule has 0 saturated heterocycles. The summed E-state index contributed by atoms with van der Waals surface area (Å²) in [5.41, 5.74) is 2.02. The summed E-state index contributed by atoms with van der Waals surface area (Å²) in [6.45, 7) is 1.54. The molecule has 0 unspecified atom stereocenters. The molecule has 1 aliphatic carbocycles. The predicted octanol–water partition coefficient (Wildman–Crippen LogP) is 2.54. The fourth-order valence-corrected chi connectivity index (χ4v) is 2.74. The molecule has 1 saturated carbocycles. The van der Waals surface area contributed by atoms with Crippen LogP contribution < -0.4 is 10.2 Å². The second kappa shape index (κ2) is 6.40. The van der Waals surface area contributed by atoms with Crippen LogP contribution in [0, 0.1) is 0 Å². The highest BCUT2D eigenvalue weighted by atomic mass is 16.3. The number of anilines is 1. The molecule has 0 spiro atoms. The van der Waals surface area contributed by atoms with Crippen molar-refractivity contribution in [3.63, 3.8) is 0 Å². The van der Waals surface area contributed by atoms with E-state index in [4.69, 9.17) is 0 Å². The summed E-state index contributed by atoms with van der Waals surface area (Å²) in [7, 11) is 4.09. The van der Waals surface area contributed by atoms with E-state index in [1.54, 1.807) is 0 Å². The first-order chi connectivity index (χ1) is 9.09. The van der Waals surface area contributed by atoms with Gasteiger partial charge in [-0.1, -0.05) is 31.4 Å². The maximum atomic E-state index is 10.4. The molecule has 3 heteroatoms. The lowest BCUT2D eigenvalue weighted by Crippen LogP contribution is -2.41. The van der Waals surface area contributed by atoms with Gasteiger partial charge in [-0.2, -0.15) is 0 Å². The third-order valence-electron chi connectivity index (χ3n) is 4.02. The zero-order valence-electron chi connectivity index (χ0n) is 12.2. The summed E-state index contributed by atoms with van der Waals surface area (Å²) in [6, 6.07) is 8.55. The van der Waals surface area contributed by atoms with Crippen LogP contribution in [0.3, 0.4) is 0 Å². The van der Waals surface area contributed by atoms with Crippen molar-refractivity contribution in [2.45, 2.75) is 44.2 Å². The van der Waals surface area contributed by atoms with Crippen LogP contribution in [0.4, 0.5) is 5.69 Å². The number of rotatable bonds is 5. The molecule has 1 aliphatic rings. The normalized spacial score (nSPS) is 18.3. The number of nitrogens with one attached hydrogen (secondary N) is 1. The minimum atomic E-state index is -0.470. The Morgan fingerprint density at radius 3 is 2.32 bits per heavy atom. The molecule has 3 nitrogen and oxygen atoms in total. The molecule has 0 aliphatic heterocycles. The Bertz CT molecular complexity index is 380. The van der Waals surface area contributed by atoms with Gasteiger partial charge < -0.3 is 15.3 Å². The van der Waals surface area contributed by atoms with Crippen LogP contribution in [0.25, 0.3) is 0 Å². The van der Waals surface area contributed by atoms with E-state index in [-0.39, 0.29) is 0 Å². The topological polar surface area (TPSA) is 35.5 Å². The summed E-state index contributed by atoms with van der Waals surface area (Å²) >= 11 is 0. The molecule has 0 atom stereocenters. The van der Waals surface area contributed by atoms with E-state index in [1.807, 2.05) is 14.1 Å². The molecule has 0 aromatic heterocycles. The van der Waals surface area contributed by atoms with Crippen molar-refractivity contribution in [3.8, 4) is 0 Å². The molecule has 0 radical (unpaired) electrons. The van der Waals surface area contributed by atoms with Gasteiger partial charge in [0.25, 0.3) is 0 Å². The maximum Gasteiger partial charge on any atom is 0.0771 e. The molecule has 1 fully saturated rings. The molecule has 106 valence electrons. The first-order valence-corrected chi connectivity index (χ1v) is 7.28. The van der Waals surface area contributed by atoms with Gasteiger partial charge in [-0.05, 0) is 30.5 Å². The van der Waals surface area contributed by atoms with Crippen LogP contribution in [-0.4, -0.2) is 31.3 Å². The van der Waals surface area contributed by atoms with E-state index in [2.05, 4.69) is 34.5 Å². The average molecular weight is 262 g/mol. The monoisotopic (exact) mass is 262 g/mol. The zero-order valence-corrected chi connectivity index (χ0v) is 12.2. The van der Waals surface area contributed by atoms with E-state index < -0.39 is 5.60 Å². The molecular formula is C16H26N2O. The second-order valence-corrected chi connectivity index (χ2v) is 5.95. The molecule has 0 heterocycles. The Kier molecular flexibility index (Phi) is 4.83. The highest BCUT2D eigenvalue weighted by Crippen LogP contribution is 2.27. The smallest absolute Gasteiger partial charge is 0.0771 e. The van der Waals surface area contributed by atoms with Crippen molar-refractivity contribution in [3.05, 3.63) is 29.8 Å². The first-order valence-electron chi connectivity index (χ1n) is 7.28. The summed E-state index contributed by atoms with van der Waals surface area (Å²) in [4.78, 5) is 2.10. The summed E-state index contributed by atoms with van der Waals surface area (Å²) in [5.74, 6) is 0. The molecule has 1 aromatic rings. The molecule has 1 aromatic carbocycles. The van der Waals surface area contributed by atoms with Gasteiger partial charge in [0.2, 0.25) is 0 Å². The van der Waals surface area contributed by atoms with Crippen LogP contribution in [0.1, 0.15) is 37.7 Å². The van der Waals surface area contributed by atoms with Crippen molar-refractivity contribution in [1.82, 2.24) is 5.32 Å². The quantitative estimate of drug-likeness (QED) is 0.856. The highest BCUT2D eigenvalue weighted by Gasteiger charge is 2.28.